The van der Waals surface area contributed by atoms with Crippen LogP contribution in [0.5, 0.6) is 11.6 Å². The van der Waals surface area contributed by atoms with Crippen LogP contribution in [0.2, 0.25) is 0 Å². The average molecular weight is 451 g/mol. The Balaban J connectivity index is 0.000000968. The summed E-state index contributed by atoms with van der Waals surface area (Å²) in [5.41, 5.74) is 4.05. The van der Waals surface area contributed by atoms with Crippen molar-refractivity contribution in [1.29, 1.82) is 0 Å². The number of hydrogen-bond acceptors (Lipinski definition) is 7. The standard InChI is InChI=1S/C24H30N4O2.CO2/c1-2-23-24(28(26-25-23)17-19-10-12-20(18-29)13-11-19)30-22-9-7-8-21(16-22)27-14-5-3-4-6-15-27;2-1-3/h7-13,16,29H,2-6,14-15,17-18H2,1H3;. The summed E-state index contributed by atoms with van der Waals surface area (Å²) in [5, 5.41) is 17.9. The molecule has 0 saturated carbocycles. The van der Waals surface area contributed by atoms with E-state index in [-0.39, 0.29) is 12.8 Å². The van der Waals surface area contributed by atoms with Crippen molar-refractivity contribution in [2.45, 2.75) is 52.2 Å². The second-order valence-corrected chi connectivity index (χ2v) is 7.91. The van der Waals surface area contributed by atoms with E-state index in [9.17, 15) is 5.11 Å². The summed E-state index contributed by atoms with van der Waals surface area (Å²) in [5.74, 6) is 1.50. The number of rotatable bonds is 7. The maximum Gasteiger partial charge on any atom is 0.373 e. The fourth-order valence-electron chi connectivity index (χ4n) is 3.88. The molecule has 1 aliphatic rings. The first-order valence-electron chi connectivity index (χ1n) is 11.3. The lowest BCUT2D eigenvalue weighted by molar-refractivity contribution is -0.191. The van der Waals surface area contributed by atoms with Crippen LogP contribution in [0.4, 0.5) is 5.69 Å². The van der Waals surface area contributed by atoms with Crippen LogP contribution in [0.15, 0.2) is 48.5 Å². The minimum absolute atomic E-state index is 0.0469. The first-order chi connectivity index (χ1) is 16.2. The van der Waals surface area contributed by atoms with Crippen LogP contribution in [0, 0.1) is 0 Å². The van der Waals surface area contributed by atoms with Crippen LogP contribution < -0.4 is 9.64 Å². The third-order valence-corrected chi connectivity index (χ3v) is 5.63. The van der Waals surface area contributed by atoms with Crippen molar-refractivity contribution in [2.24, 2.45) is 0 Å². The summed E-state index contributed by atoms with van der Waals surface area (Å²) < 4.78 is 8.13. The molecule has 0 amide bonds. The molecule has 3 aromatic rings. The zero-order valence-electron chi connectivity index (χ0n) is 18.9. The Morgan fingerprint density at radius 2 is 1.67 bits per heavy atom. The number of aromatic nitrogens is 3. The Morgan fingerprint density at radius 3 is 2.30 bits per heavy atom. The predicted octanol–water partition coefficient (Wildman–Crippen LogP) is 3.97. The fourth-order valence-corrected chi connectivity index (χ4v) is 3.88. The number of aliphatic hydroxyl groups is 1. The van der Waals surface area contributed by atoms with Gasteiger partial charge in [0.2, 0.25) is 5.88 Å². The van der Waals surface area contributed by atoms with Crippen molar-refractivity contribution >= 4 is 11.8 Å². The molecule has 8 nitrogen and oxygen atoms in total. The molecule has 0 radical (unpaired) electrons. The van der Waals surface area contributed by atoms with Crippen LogP contribution >= 0.6 is 0 Å². The third kappa shape index (κ3) is 6.75. The number of hydrogen-bond donors (Lipinski definition) is 1. The van der Waals surface area contributed by atoms with Crippen molar-refractivity contribution in [1.82, 2.24) is 15.0 Å². The maximum absolute atomic E-state index is 9.24. The molecular formula is C25H30N4O4. The SMILES string of the molecule is CCc1nnn(Cc2ccc(CO)cc2)c1Oc1cccc(N2CCCCCC2)c1.O=C=O. The Kier molecular flexibility index (Phi) is 9.18. The number of aliphatic hydroxyl groups excluding tert-OH is 1. The van der Waals surface area contributed by atoms with E-state index in [1.54, 1.807) is 0 Å². The smallest absolute Gasteiger partial charge is 0.373 e. The third-order valence-electron chi connectivity index (χ3n) is 5.63. The van der Waals surface area contributed by atoms with Crippen LogP contribution in [0.3, 0.4) is 0 Å². The summed E-state index contributed by atoms with van der Waals surface area (Å²) in [4.78, 5) is 18.7. The number of benzene rings is 2. The largest absolute Gasteiger partial charge is 0.437 e. The fraction of sp³-hybridized carbons (Fsp3) is 0.400. The van der Waals surface area contributed by atoms with E-state index < -0.39 is 0 Å². The molecule has 1 aliphatic heterocycles. The summed E-state index contributed by atoms with van der Waals surface area (Å²) in [6, 6.07) is 16.2. The molecule has 8 heteroatoms. The van der Waals surface area contributed by atoms with E-state index in [0.717, 1.165) is 42.1 Å². The number of ether oxygens (including phenoxy) is 1. The van der Waals surface area contributed by atoms with E-state index in [4.69, 9.17) is 14.3 Å². The highest BCUT2D eigenvalue weighted by Gasteiger charge is 2.16. The molecular weight excluding hydrogens is 420 g/mol. The Labute approximate surface area is 193 Å². The minimum Gasteiger partial charge on any atom is -0.437 e. The summed E-state index contributed by atoms with van der Waals surface area (Å²) >= 11 is 0. The summed E-state index contributed by atoms with van der Waals surface area (Å²) in [6.45, 7) is 4.88. The first-order valence-corrected chi connectivity index (χ1v) is 11.3. The second-order valence-electron chi connectivity index (χ2n) is 7.91. The van der Waals surface area contributed by atoms with E-state index in [1.165, 1.54) is 31.4 Å². The predicted molar refractivity (Wildman–Crippen MR) is 123 cm³/mol. The van der Waals surface area contributed by atoms with E-state index in [2.05, 4.69) is 40.3 Å². The molecule has 0 bridgehead atoms. The lowest BCUT2D eigenvalue weighted by Crippen LogP contribution is -2.23. The van der Waals surface area contributed by atoms with E-state index in [1.807, 2.05) is 35.0 Å². The molecule has 4 rings (SSSR count). The van der Waals surface area contributed by atoms with Crippen LogP contribution in [-0.2, 0) is 29.2 Å². The molecule has 2 aromatic carbocycles. The monoisotopic (exact) mass is 450 g/mol. The highest BCUT2D eigenvalue weighted by atomic mass is 16.5. The molecule has 33 heavy (non-hydrogen) atoms. The van der Waals surface area contributed by atoms with Gasteiger partial charge in [0.25, 0.3) is 0 Å². The Morgan fingerprint density at radius 1 is 1.00 bits per heavy atom. The molecule has 1 aromatic heterocycles. The van der Waals surface area contributed by atoms with Crippen LogP contribution in [-0.4, -0.2) is 39.3 Å². The van der Waals surface area contributed by atoms with Crippen molar-refractivity contribution in [2.75, 3.05) is 18.0 Å². The lowest BCUT2D eigenvalue weighted by Gasteiger charge is -2.23. The minimum atomic E-state index is 0.0469. The highest BCUT2D eigenvalue weighted by Crippen LogP contribution is 2.29. The molecule has 174 valence electrons. The molecule has 0 spiro atoms. The van der Waals surface area contributed by atoms with E-state index in [0.29, 0.717) is 12.4 Å². The van der Waals surface area contributed by atoms with Crippen molar-refractivity contribution in [3.63, 3.8) is 0 Å². The van der Waals surface area contributed by atoms with Gasteiger partial charge in [0, 0.05) is 24.8 Å². The van der Waals surface area contributed by atoms with Gasteiger partial charge in [-0.3, -0.25) is 0 Å². The highest BCUT2D eigenvalue weighted by molar-refractivity contribution is 5.51. The van der Waals surface area contributed by atoms with Crippen LogP contribution in [0.25, 0.3) is 0 Å². The molecule has 0 atom stereocenters. The zero-order valence-corrected chi connectivity index (χ0v) is 18.9. The van der Waals surface area contributed by atoms with Crippen molar-refractivity contribution in [3.05, 3.63) is 65.4 Å². The van der Waals surface area contributed by atoms with Gasteiger partial charge in [0.1, 0.15) is 11.4 Å². The topological polar surface area (TPSA) is 97.6 Å². The second kappa shape index (κ2) is 12.5. The zero-order chi connectivity index (χ0) is 23.5. The number of anilines is 1. The van der Waals surface area contributed by atoms with E-state index >= 15 is 0 Å². The van der Waals surface area contributed by atoms with Crippen molar-refractivity contribution in [3.8, 4) is 11.6 Å². The Hall–Kier alpha value is -3.48. The molecule has 0 aliphatic carbocycles. The molecule has 1 N–H and O–H groups in total. The number of aryl methyl sites for hydroxylation is 1. The van der Waals surface area contributed by atoms with Gasteiger partial charge < -0.3 is 14.7 Å². The van der Waals surface area contributed by atoms with Gasteiger partial charge in [-0.25, -0.2) is 4.68 Å². The molecule has 1 fully saturated rings. The van der Waals surface area contributed by atoms with Gasteiger partial charge in [0.05, 0.1) is 13.2 Å². The Bertz CT molecular complexity index is 1030. The van der Waals surface area contributed by atoms with Gasteiger partial charge in [-0.15, -0.1) is 5.10 Å². The normalized spacial score (nSPS) is 13.5. The van der Waals surface area contributed by atoms with Crippen molar-refractivity contribution < 1.29 is 19.4 Å². The van der Waals surface area contributed by atoms with Gasteiger partial charge in [-0.1, -0.05) is 55.3 Å². The number of nitrogens with zero attached hydrogens (tertiary/aromatic N) is 4. The van der Waals surface area contributed by atoms with Gasteiger partial charge in [-0.05, 0) is 42.5 Å². The molecule has 1 saturated heterocycles. The number of carbonyl (C=O) groups excluding carboxylic acids is 2. The first kappa shape index (κ1) is 24.2. The van der Waals surface area contributed by atoms with Gasteiger partial charge in [-0.2, -0.15) is 9.59 Å². The van der Waals surface area contributed by atoms with Gasteiger partial charge >= 0.3 is 6.15 Å². The lowest BCUT2D eigenvalue weighted by atomic mass is 10.1. The molecule has 0 unspecified atom stereocenters. The van der Waals surface area contributed by atoms with Crippen LogP contribution in [0.1, 0.15) is 49.4 Å². The summed E-state index contributed by atoms with van der Waals surface area (Å²) in [7, 11) is 0. The average Bonchev–Trinajstić information content (AvgIpc) is 3.03. The maximum atomic E-state index is 9.24. The quantitative estimate of drug-likeness (QED) is 0.582. The molecule has 2 heterocycles. The summed E-state index contributed by atoms with van der Waals surface area (Å²) in [6.07, 6.45) is 6.13. The van der Waals surface area contributed by atoms with Gasteiger partial charge in [0.15, 0.2) is 0 Å².